The number of unbranched alkanes of at least 4 members (excludes halogenated alkanes) is 6. The maximum atomic E-state index is 10.5. The van der Waals surface area contributed by atoms with Gasteiger partial charge in [-0.05, 0) is 12.8 Å². The number of hydrogen-bond acceptors (Lipinski definition) is 5. The zero-order valence-corrected chi connectivity index (χ0v) is 13.9. The fraction of sp³-hybridized carbons (Fsp3) is 1.00. The Bertz CT molecular complexity index is 295. The van der Waals surface area contributed by atoms with E-state index in [1.165, 1.54) is 32.1 Å². The van der Waals surface area contributed by atoms with E-state index in [9.17, 15) is 13.0 Å². The molecular weight excluding hydrogens is 275 g/mol. The van der Waals surface area contributed by atoms with Crippen molar-refractivity contribution in [1.29, 1.82) is 0 Å². The van der Waals surface area contributed by atoms with E-state index < -0.39 is 16.7 Å². The minimum absolute atomic E-state index is 0. The van der Waals surface area contributed by atoms with Crippen LogP contribution in [0.3, 0.4) is 0 Å². The molecule has 0 amide bonds. The van der Waals surface area contributed by atoms with E-state index >= 15 is 0 Å². The fourth-order valence-electron chi connectivity index (χ4n) is 1.80. The van der Waals surface area contributed by atoms with Crippen LogP contribution >= 0.6 is 0 Å². The van der Waals surface area contributed by atoms with Gasteiger partial charge in [0.1, 0.15) is 0 Å². The summed E-state index contributed by atoms with van der Waals surface area (Å²) in [6.45, 7) is 4.50. The van der Waals surface area contributed by atoms with Crippen molar-refractivity contribution in [2.75, 3.05) is 6.61 Å². The van der Waals surface area contributed by atoms with E-state index in [-0.39, 0.29) is 18.9 Å². The molecule has 0 N–H and O–H groups in total. The smallest absolute Gasteiger partial charge is 0.725 e. The van der Waals surface area contributed by atoms with Crippen LogP contribution < -0.4 is 18.9 Å². The molecule has 1 atom stereocenters. The van der Waals surface area contributed by atoms with Crippen LogP contribution in [0.25, 0.3) is 0 Å². The maximum absolute atomic E-state index is 10.5. The van der Waals surface area contributed by atoms with Crippen molar-refractivity contribution in [2.45, 2.75) is 77.9 Å². The molecule has 0 aliphatic rings. The molecule has 0 saturated carbocycles. The monoisotopic (exact) mass is 302 g/mol. The average Bonchev–Trinajstić information content (AvgIpc) is 2.31. The van der Waals surface area contributed by atoms with Crippen molar-refractivity contribution >= 4 is 10.4 Å². The van der Waals surface area contributed by atoms with Gasteiger partial charge >= 0.3 is 18.9 Å². The molecule has 0 heterocycles. The Morgan fingerprint density at radius 1 is 0.950 bits per heavy atom. The first kappa shape index (κ1) is 22.7. The van der Waals surface area contributed by atoms with Crippen molar-refractivity contribution < 1.29 is 40.8 Å². The molecular formula is C13H27LiO5S. The molecule has 0 fully saturated rings. The molecule has 20 heavy (non-hydrogen) atoms. The Labute approximate surface area is 135 Å². The summed E-state index contributed by atoms with van der Waals surface area (Å²) >= 11 is 0. The second-order valence-electron chi connectivity index (χ2n) is 4.71. The molecule has 0 aromatic carbocycles. The predicted molar refractivity (Wildman–Crippen MR) is 73.4 cm³/mol. The van der Waals surface area contributed by atoms with Gasteiger partial charge in [0.15, 0.2) is 6.29 Å². The average molecular weight is 302 g/mol. The van der Waals surface area contributed by atoms with Crippen molar-refractivity contribution in [3.05, 3.63) is 0 Å². The molecule has 0 aromatic rings. The molecule has 0 bridgehead atoms. The first-order chi connectivity index (χ1) is 8.99. The van der Waals surface area contributed by atoms with Crippen LogP contribution in [0.4, 0.5) is 0 Å². The largest absolute Gasteiger partial charge is 1.00 e. The van der Waals surface area contributed by atoms with E-state index in [2.05, 4.69) is 11.1 Å². The standard InChI is InChI=1S/C13H28O5S.Li/c1-3-5-6-7-8-9-10-12-17-13(11-4-2)18-19(14,15)16;/h13H,3-12H2,1-2H3,(H,14,15,16);/q;+1/p-1. The van der Waals surface area contributed by atoms with Gasteiger partial charge in [-0.25, -0.2) is 12.6 Å². The molecule has 0 aliphatic heterocycles. The third-order valence-electron chi connectivity index (χ3n) is 2.80. The Morgan fingerprint density at radius 3 is 2.00 bits per heavy atom. The molecule has 0 rings (SSSR count). The summed E-state index contributed by atoms with van der Waals surface area (Å²) < 4.78 is 41.1. The second kappa shape index (κ2) is 14.4. The van der Waals surface area contributed by atoms with Gasteiger partial charge in [0.05, 0.1) is 0 Å². The Hall–Kier alpha value is 0.427. The van der Waals surface area contributed by atoms with Gasteiger partial charge in [0.25, 0.3) is 0 Å². The summed E-state index contributed by atoms with van der Waals surface area (Å²) in [5.41, 5.74) is 0. The summed E-state index contributed by atoms with van der Waals surface area (Å²) in [5.74, 6) is 0. The fourth-order valence-corrected chi connectivity index (χ4v) is 2.21. The minimum Gasteiger partial charge on any atom is -0.725 e. The van der Waals surface area contributed by atoms with Crippen LogP contribution in [0, 0.1) is 0 Å². The molecule has 1 unspecified atom stereocenters. The quantitative estimate of drug-likeness (QED) is 0.161. The van der Waals surface area contributed by atoms with Gasteiger partial charge in [-0.2, -0.15) is 0 Å². The van der Waals surface area contributed by atoms with E-state index in [4.69, 9.17) is 4.74 Å². The van der Waals surface area contributed by atoms with E-state index in [0.29, 0.717) is 19.4 Å². The van der Waals surface area contributed by atoms with Crippen LogP contribution in [0.2, 0.25) is 0 Å². The first-order valence-corrected chi connectivity index (χ1v) is 8.58. The number of rotatable bonds is 13. The first-order valence-electron chi connectivity index (χ1n) is 7.25. The molecule has 0 radical (unpaired) electrons. The van der Waals surface area contributed by atoms with Gasteiger partial charge in [-0.3, -0.25) is 0 Å². The Morgan fingerprint density at radius 2 is 1.50 bits per heavy atom. The minimum atomic E-state index is -4.68. The van der Waals surface area contributed by atoms with Gasteiger partial charge in [-0.1, -0.05) is 58.8 Å². The van der Waals surface area contributed by atoms with E-state index in [1.54, 1.807) is 0 Å². The van der Waals surface area contributed by atoms with Gasteiger partial charge in [-0.15, -0.1) is 0 Å². The SMILES string of the molecule is CCCCCCCCCOC(CCC)OS(=O)(=O)[O-].[Li+]. The molecule has 5 nitrogen and oxygen atoms in total. The molecule has 0 aromatic heterocycles. The van der Waals surface area contributed by atoms with Crippen LogP contribution in [-0.2, 0) is 19.3 Å². The normalized spacial score (nSPS) is 12.9. The Kier molecular flexibility index (Phi) is 16.3. The maximum Gasteiger partial charge on any atom is 1.00 e. The van der Waals surface area contributed by atoms with Gasteiger partial charge < -0.3 is 9.29 Å². The van der Waals surface area contributed by atoms with Gasteiger partial charge in [0.2, 0.25) is 10.4 Å². The van der Waals surface area contributed by atoms with Crippen molar-refractivity contribution in [2.24, 2.45) is 0 Å². The summed E-state index contributed by atoms with van der Waals surface area (Å²) in [7, 11) is -4.68. The van der Waals surface area contributed by atoms with Crippen LogP contribution in [0.15, 0.2) is 0 Å². The molecule has 0 aliphatic carbocycles. The summed E-state index contributed by atoms with van der Waals surface area (Å²) in [6.07, 6.45) is 8.32. The zero-order valence-electron chi connectivity index (χ0n) is 13.1. The number of ether oxygens (including phenoxy) is 1. The van der Waals surface area contributed by atoms with Crippen molar-refractivity contribution in [3.8, 4) is 0 Å². The topological polar surface area (TPSA) is 75.7 Å². The Balaban J connectivity index is 0. The number of hydrogen-bond donors (Lipinski definition) is 0. The van der Waals surface area contributed by atoms with Crippen LogP contribution in [-0.4, -0.2) is 25.9 Å². The summed E-state index contributed by atoms with van der Waals surface area (Å²) in [5, 5.41) is 0. The second-order valence-corrected chi connectivity index (χ2v) is 5.72. The van der Waals surface area contributed by atoms with Crippen molar-refractivity contribution in [1.82, 2.24) is 0 Å². The summed E-state index contributed by atoms with van der Waals surface area (Å²) in [6, 6.07) is 0. The zero-order chi connectivity index (χ0) is 14.6. The van der Waals surface area contributed by atoms with E-state index in [0.717, 1.165) is 12.8 Å². The van der Waals surface area contributed by atoms with Crippen LogP contribution in [0.1, 0.15) is 71.6 Å². The molecule has 0 saturated heterocycles. The molecule has 116 valence electrons. The third-order valence-corrected chi connectivity index (χ3v) is 3.25. The van der Waals surface area contributed by atoms with E-state index in [1.807, 2.05) is 6.92 Å². The molecule has 7 heteroatoms. The molecule has 0 spiro atoms. The third kappa shape index (κ3) is 16.5. The van der Waals surface area contributed by atoms with Gasteiger partial charge in [0, 0.05) is 6.61 Å². The van der Waals surface area contributed by atoms with Crippen molar-refractivity contribution in [3.63, 3.8) is 0 Å². The predicted octanol–water partition coefficient (Wildman–Crippen LogP) is 0.361. The summed E-state index contributed by atoms with van der Waals surface area (Å²) in [4.78, 5) is 0. The van der Waals surface area contributed by atoms with Crippen LogP contribution in [0.5, 0.6) is 0 Å².